The minimum atomic E-state index is -0.893. The van der Waals surface area contributed by atoms with Crippen LogP contribution in [0.5, 0.6) is 0 Å². The summed E-state index contributed by atoms with van der Waals surface area (Å²) in [5, 5.41) is 6.52. The van der Waals surface area contributed by atoms with Crippen LogP contribution in [0.2, 0.25) is 0 Å². The van der Waals surface area contributed by atoms with Crippen molar-refractivity contribution in [2.24, 2.45) is 0 Å². The first-order chi connectivity index (χ1) is 15.1. The number of rotatable bonds is 3. The van der Waals surface area contributed by atoms with Gasteiger partial charge in [-0.15, -0.1) is 11.3 Å². The van der Waals surface area contributed by atoms with E-state index in [9.17, 15) is 14.4 Å². The van der Waals surface area contributed by atoms with E-state index in [0.717, 1.165) is 28.1 Å². The molecule has 1 saturated heterocycles. The molecule has 5 rings (SSSR count). The molecule has 1 aromatic heterocycles. The molecule has 2 N–H and O–H groups in total. The van der Waals surface area contributed by atoms with Crippen LogP contribution in [0.4, 0.5) is 5.69 Å². The van der Waals surface area contributed by atoms with Gasteiger partial charge >= 0.3 is 0 Å². The number of likely N-dealkylation sites (tertiary alicyclic amines) is 1. The second-order valence-electron chi connectivity index (χ2n) is 7.96. The van der Waals surface area contributed by atoms with Crippen molar-refractivity contribution in [3.05, 3.63) is 59.1 Å². The highest BCUT2D eigenvalue weighted by atomic mass is 32.1. The van der Waals surface area contributed by atoms with Gasteiger partial charge in [0.25, 0.3) is 5.91 Å². The normalized spacial score (nSPS) is 21.2. The van der Waals surface area contributed by atoms with E-state index in [2.05, 4.69) is 16.7 Å². The number of fused-ring (bicyclic) bond motifs is 2. The summed E-state index contributed by atoms with van der Waals surface area (Å²) in [7, 11) is 0. The molecule has 2 aromatic carbocycles. The van der Waals surface area contributed by atoms with Crippen molar-refractivity contribution in [1.29, 1.82) is 0 Å². The van der Waals surface area contributed by atoms with Crippen molar-refractivity contribution in [3.63, 3.8) is 0 Å². The fourth-order valence-electron chi connectivity index (χ4n) is 4.23. The number of nitrogens with zero attached hydrogens (tertiary/aromatic N) is 2. The molecule has 0 saturated carbocycles. The molecule has 8 heteroatoms. The van der Waals surface area contributed by atoms with Crippen molar-refractivity contribution >= 4 is 45.0 Å². The monoisotopic (exact) mass is 434 g/mol. The lowest BCUT2D eigenvalue weighted by atomic mass is 9.98. The molecule has 7 nitrogen and oxygen atoms in total. The molecule has 3 aromatic rings. The predicted octanol–water partition coefficient (Wildman–Crippen LogP) is 3.14. The Morgan fingerprint density at radius 3 is 2.81 bits per heavy atom. The topological polar surface area (TPSA) is 91.4 Å². The zero-order valence-corrected chi connectivity index (χ0v) is 17.7. The van der Waals surface area contributed by atoms with E-state index in [1.165, 1.54) is 0 Å². The van der Waals surface area contributed by atoms with Gasteiger partial charge in [0.2, 0.25) is 11.8 Å². The number of carbonyl (C=O) groups excluding carboxylic acids is 3. The molecule has 0 bridgehead atoms. The highest BCUT2D eigenvalue weighted by Gasteiger charge is 2.33. The van der Waals surface area contributed by atoms with Crippen molar-refractivity contribution in [2.75, 3.05) is 18.4 Å². The molecule has 0 radical (unpaired) electrons. The largest absolute Gasteiger partial charge is 0.342 e. The second-order valence-corrected chi connectivity index (χ2v) is 9.03. The number of thiazole rings is 1. The summed E-state index contributed by atoms with van der Waals surface area (Å²) in [6, 6.07) is 14.0. The second kappa shape index (κ2) is 8.11. The third-order valence-electron chi connectivity index (χ3n) is 5.86. The van der Waals surface area contributed by atoms with E-state index in [0.29, 0.717) is 24.3 Å². The van der Waals surface area contributed by atoms with Gasteiger partial charge in [-0.05, 0) is 37.1 Å². The molecular formula is C23H22N4O3S. The maximum absolute atomic E-state index is 13.0. The van der Waals surface area contributed by atoms with Crippen LogP contribution in [-0.2, 0) is 9.59 Å². The Kier molecular flexibility index (Phi) is 5.15. The van der Waals surface area contributed by atoms with Gasteiger partial charge in [-0.3, -0.25) is 14.4 Å². The Bertz CT molecular complexity index is 1140. The number of aromatic nitrogens is 1. The van der Waals surface area contributed by atoms with Gasteiger partial charge in [-0.2, -0.15) is 0 Å². The van der Waals surface area contributed by atoms with Gasteiger partial charge in [0.1, 0.15) is 6.04 Å². The smallest absolute Gasteiger partial charge is 0.254 e. The molecule has 0 aliphatic carbocycles. The molecular weight excluding hydrogens is 412 g/mol. The average Bonchev–Trinajstić information content (AvgIpc) is 3.18. The number of amides is 3. The number of carbonyl (C=O) groups is 3. The van der Waals surface area contributed by atoms with Gasteiger partial charge < -0.3 is 15.5 Å². The molecule has 1 fully saturated rings. The van der Waals surface area contributed by atoms with Gasteiger partial charge in [-0.1, -0.05) is 24.3 Å². The summed E-state index contributed by atoms with van der Waals surface area (Å²) in [6.07, 6.45) is 1.82. The molecule has 2 aliphatic heterocycles. The van der Waals surface area contributed by atoms with Crippen molar-refractivity contribution in [2.45, 2.75) is 31.2 Å². The summed E-state index contributed by atoms with van der Waals surface area (Å²) in [6.45, 7) is 1.24. The Labute approximate surface area is 183 Å². The Hall–Kier alpha value is -3.26. The molecule has 2 unspecified atom stereocenters. The number of hydrogen-bond donors (Lipinski definition) is 2. The highest BCUT2D eigenvalue weighted by Crippen LogP contribution is 2.33. The van der Waals surface area contributed by atoms with E-state index in [4.69, 9.17) is 4.98 Å². The zero-order valence-electron chi connectivity index (χ0n) is 16.8. The summed E-state index contributed by atoms with van der Waals surface area (Å²) < 4.78 is 1.15. The van der Waals surface area contributed by atoms with E-state index in [1.807, 2.05) is 18.2 Å². The summed E-state index contributed by atoms with van der Waals surface area (Å²) in [5.41, 5.74) is 1.86. The van der Waals surface area contributed by atoms with E-state index in [1.54, 1.807) is 40.5 Å². The number of hydrogen-bond acceptors (Lipinski definition) is 5. The van der Waals surface area contributed by atoms with Crippen molar-refractivity contribution < 1.29 is 14.4 Å². The number of nitrogens with one attached hydrogen (secondary N) is 2. The Balaban J connectivity index is 1.28. The fourth-order valence-corrected chi connectivity index (χ4v) is 5.32. The molecule has 2 atom stereocenters. The average molecular weight is 435 g/mol. The lowest BCUT2D eigenvalue weighted by molar-refractivity contribution is -0.134. The Morgan fingerprint density at radius 2 is 1.94 bits per heavy atom. The summed E-state index contributed by atoms with van der Waals surface area (Å²) >= 11 is 1.68. The SMILES string of the molecule is O=C1NC(CC(=O)N2CCCC(c3nc4ccccc4s3)C2)C(=O)Nc2ccccc21. The molecule has 158 valence electrons. The van der Waals surface area contributed by atoms with Crippen LogP contribution in [0.3, 0.4) is 0 Å². The van der Waals surface area contributed by atoms with Crippen LogP contribution in [0, 0.1) is 0 Å². The molecule has 0 spiro atoms. The standard InChI is InChI=1S/C23H22N4O3S/c28-20(12-18-22(30)24-16-8-2-1-7-15(16)21(29)25-18)27-11-5-6-14(13-27)23-26-17-9-3-4-10-19(17)31-23/h1-4,7-10,14,18H,5-6,11-13H2,(H,24,30)(H,25,29). The van der Waals surface area contributed by atoms with Crippen LogP contribution in [0.1, 0.15) is 40.5 Å². The van der Waals surface area contributed by atoms with E-state index in [-0.39, 0.29) is 30.1 Å². The van der Waals surface area contributed by atoms with Crippen molar-refractivity contribution in [3.8, 4) is 0 Å². The molecule has 2 aliphatic rings. The fraction of sp³-hybridized carbons (Fsp3) is 0.304. The Morgan fingerprint density at radius 1 is 1.13 bits per heavy atom. The van der Waals surface area contributed by atoms with Gasteiger partial charge in [-0.25, -0.2) is 4.98 Å². The molecule has 3 heterocycles. The van der Waals surface area contributed by atoms with Crippen LogP contribution < -0.4 is 10.6 Å². The number of para-hydroxylation sites is 2. The minimum absolute atomic E-state index is 0.0574. The first-order valence-electron chi connectivity index (χ1n) is 10.4. The quantitative estimate of drug-likeness (QED) is 0.663. The third-order valence-corrected chi connectivity index (χ3v) is 7.06. The van der Waals surface area contributed by atoms with Gasteiger partial charge in [0.15, 0.2) is 0 Å². The molecule has 3 amide bonds. The number of benzene rings is 2. The maximum Gasteiger partial charge on any atom is 0.254 e. The maximum atomic E-state index is 13.0. The minimum Gasteiger partial charge on any atom is -0.342 e. The molecule has 31 heavy (non-hydrogen) atoms. The van der Waals surface area contributed by atoms with E-state index >= 15 is 0 Å². The number of piperidine rings is 1. The summed E-state index contributed by atoms with van der Waals surface area (Å²) in [5.74, 6) is -0.654. The lowest BCUT2D eigenvalue weighted by Gasteiger charge is -2.32. The van der Waals surface area contributed by atoms with Gasteiger partial charge in [0.05, 0.1) is 32.9 Å². The van der Waals surface area contributed by atoms with Crippen LogP contribution in [-0.4, -0.2) is 46.7 Å². The first kappa shape index (κ1) is 19.7. The van der Waals surface area contributed by atoms with Crippen molar-refractivity contribution in [1.82, 2.24) is 15.2 Å². The third kappa shape index (κ3) is 3.90. The predicted molar refractivity (Wildman–Crippen MR) is 119 cm³/mol. The number of anilines is 1. The van der Waals surface area contributed by atoms with Crippen LogP contribution >= 0.6 is 11.3 Å². The zero-order chi connectivity index (χ0) is 21.4. The highest BCUT2D eigenvalue weighted by molar-refractivity contribution is 7.18. The summed E-state index contributed by atoms with van der Waals surface area (Å²) in [4.78, 5) is 44.7. The lowest BCUT2D eigenvalue weighted by Crippen LogP contribution is -2.47. The van der Waals surface area contributed by atoms with Crippen LogP contribution in [0.15, 0.2) is 48.5 Å². The first-order valence-corrected chi connectivity index (χ1v) is 11.2. The van der Waals surface area contributed by atoms with Crippen LogP contribution in [0.25, 0.3) is 10.2 Å². The van der Waals surface area contributed by atoms with E-state index < -0.39 is 6.04 Å². The van der Waals surface area contributed by atoms with Gasteiger partial charge in [0, 0.05) is 19.0 Å².